The van der Waals surface area contributed by atoms with Crippen LogP contribution < -0.4 is 5.32 Å². The number of nitrogens with zero attached hydrogens (tertiary/aromatic N) is 1. The zero-order chi connectivity index (χ0) is 13.0. The van der Waals surface area contributed by atoms with Crippen LogP contribution in [0.3, 0.4) is 0 Å². The van der Waals surface area contributed by atoms with Crippen LogP contribution in [0.15, 0.2) is 0 Å². The van der Waals surface area contributed by atoms with Gasteiger partial charge in [-0.1, -0.05) is 46.5 Å². The van der Waals surface area contributed by atoms with Gasteiger partial charge in [0.1, 0.15) is 0 Å². The maximum atomic E-state index is 3.82. The van der Waals surface area contributed by atoms with Crippen molar-refractivity contribution in [3.05, 3.63) is 0 Å². The molecule has 1 aliphatic carbocycles. The second-order valence-electron chi connectivity index (χ2n) is 6.48. The molecule has 1 saturated heterocycles. The molecule has 0 aromatic heterocycles. The first-order valence-electron chi connectivity index (χ1n) is 8.25. The van der Waals surface area contributed by atoms with Gasteiger partial charge in [0, 0.05) is 31.2 Å². The van der Waals surface area contributed by atoms with E-state index in [1.165, 1.54) is 58.0 Å². The third-order valence-corrected chi connectivity index (χ3v) is 5.24. The van der Waals surface area contributed by atoms with Crippen LogP contribution in [0.25, 0.3) is 0 Å². The minimum absolute atomic E-state index is 0.726. The van der Waals surface area contributed by atoms with Crippen LogP contribution in [0.2, 0.25) is 0 Å². The van der Waals surface area contributed by atoms with Crippen LogP contribution in [0.5, 0.6) is 0 Å². The van der Waals surface area contributed by atoms with Crippen molar-refractivity contribution in [3.8, 4) is 0 Å². The van der Waals surface area contributed by atoms with Crippen LogP contribution in [0.1, 0.15) is 65.7 Å². The molecular weight excluding hydrogens is 220 g/mol. The summed E-state index contributed by atoms with van der Waals surface area (Å²) in [4.78, 5) is 2.88. The number of piperazine rings is 1. The maximum Gasteiger partial charge on any atom is 0.0224 e. The molecule has 2 aliphatic rings. The summed E-state index contributed by atoms with van der Waals surface area (Å²) in [6.07, 6.45) is 9.82. The van der Waals surface area contributed by atoms with E-state index in [9.17, 15) is 0 Å². The van der Waals surface area contributed by atoms with E-state index in [1.807, 2.05) is 0 Å². The fourth-order valence-electron chi connectivity index (χ4n) is 3.80. The summed E-state index contributed by atoms with van der Waals surface area (Å²) in [5.74, 6) is 0.816. The van der Waals surface area contributed by atoms with Crippen molar-refractivity contribution in [3.63, 3.8) is 0 Å². The lowest BCUT2D eigenvalue weighted by atomic mass is 9.93. The molecule has 0 aromatic rings. The van der Waals surface area contributed by atoms with Crippen molar-refractivity contribution in [1.82, 2.24) is 10.2 Å². The largest absolute Gasteiger partial charge is 0.311 e. The normalized spacial score (nSPS) is 32.8. The number of hydrogen-bond acceptors (Lipinski definition) is 2. The summed E-state index contributed by atoms with van der Waals surface area (Å²) >= 11 is 0. The third-order valence-electron chi connectivity index (χ3n) is 5.24. The molecule has 0 spiro atoms. The Bertz CT molecular complexity index is 235. The fraction of sp³-hybridized carbons (Fsp3) is 1.00. The monoisotopic (exact) mass is 252 g/mol. The van der Waals surface area contributed by atoms with E-state index in [-0.39, 0.29) is 0 Å². The van der Waals surface area contributed by atoms with E-state index < -0.39 is 0 Å². The standard InChI is InChI=1S/C16H32N2/c1-4-8-15-11-17-16(13(3)5-2)12-18(15)14-9-6-7-10-14/h13-17H,4-12H2,1-3H3. The van der Waals surface area contributed by atoms with Gasteiger partial charge < -0.3 is 5.32 Å². The predicted octanol–water partition coefficient (Wildman–Crippen LogP) is 3.42. The van der Waals surface area contributed by atoms with Gasteiger partial charge in [0.05, 0.1) is 0 Å². The summed E-state index contributed by atoms with van der Waals surface area (Å²) in [6, 6.07) is 2.43. The quantitative estimate of drug-likeness (QED) is 0.806. The van der Waals surface area contributed by atoms with Gasteiger partial charge in [-0.05, 0) is 25.2 Å². The minimum Gasteiger partial charge on any atom is -0.311 e. The van der Waals surface area contributed by atoms with E-state index >= 15 is 0 Å². The Morgan fingerprint density at radius 2 is 1.94 bits per heavy atom. The SMILES string of the molecule is CCCC1CNC(C(C)CC)CN1C1CCCC1. The summed E-state index contributed by atoms with van der Waals surface area (Å²) < 4.78 is 0. The molecule has 1 N–H and O–H groups in total. The Morgan fingerprint density at radius 3 is 2.56 bits per heavy atom. The topological polar surface area (TPSA) is 15.3 Å². The van der Waals surface area contributed by atoms with Gasteiger partial charge in [-0.2, -0.15) is 0 Å². The molecular formula is C16H32N2. The zero-order valence-corrected chi connectivity index (χ0v) is 12.6. The second-order valence-corrected chi connectivity index (χ2v) is 6.48. The summed E-state index contributed by atoms with van der Waals surface area (Å²) in [7, 11) is 0. The minimum atomic E-state index is 0.726. The Hall–Kier alpha value is -0.0800. The second kappa shape index (κ2) is 6.91. The van der Waals surface area contributed by atoms with Gasteiger partial charge in [-0.15, -0.1) is 0 Å². The van der Waals surface area contributed by atoms with Crippen molar-refractivity contribution < 1.29 is 0 Å². The van der Waals surface area contributed by atoms with Gasteiger partial charge >= 0.3 is 0 Å². The molecule has 1 saturated carbocycles. The molecule has 1 aliphatic heterocycles. The fourth-order valence-corrected chi connectivity index (χ4v) is 3.80. The van der Waals surface area contributed by atoms with Crippen LogP contribution in [0.4, 0.5) is 0 Å². The average Bonchev–Trinajstić information content (AvgIpc) is 2.92. The van der Waals surface area contributed by atoms with Gasteiger partial charge in [0.25, 0.3) is 0 Å². The molecule has 0 aromatic carbocycles. The molecule has 3 atom stereocenters. The molecule has 2 heteroatoms. The molecule has 0 radical (unpaired) electrons. The first-order valence-corrected chi connectivity index (χ1v) is 8.25. The van der Waals surface area contributed by atoms with Crippen molar-refractivity contribution in [2.75, 3.05) is 13.1 Å². The lowest BCUT2D eigenvalue weighted by Gasteiger charge is -2.45. The lowest BCUT2D eigenvalue weighted by molar-refractivity contribution is 0.0635. The maximum absolute atomic E-state index is 3.82. The third kappa shape index (κ3) is 3.27. The molecule has 2 rings (SSSR count). The average molecular weight is 252 g/mol. The molecule has 106 valence electrons. The van der Waals surface area contributed by atoms with Crippen molar-refractivity contribution >= 4 is 0 Å². The summed E-state index contributed by atoms with van der Waals surface area (Å²) in [5, 5.41) is 3.82. The highest BCUT2D eigenvalue weighted by Gasteiger charge is 2.34. The Morgan fingerprint density at radius 1 is 1.22 bits per heavy atom. The Kier molecular flexibility index (Phi) is 5.50. The highest BCUT2D eigenvalue weighted by atomic mass is 15.3. The first kappa shape index (κ1) is 14.3. The molecule has 2 fully saturated rings. The summed E-state index contributed by atoms with van der Waals surface area (Å²) in [6.45, 7) is 9.58. The van der Waals surface area contributed by atoms with Crippen LogP contribution >= 0.6 is 0 Å². The molecule has 1 heterocycles. The van der Waals surface area contributed by atoms with Crippen LogP contribution in [-0.4, -0.2) is 36.1 Å². The van der Waals surface area contributed by atoms with Crippen LogP contribution in [-0.2, 0) is 0 Å². The Balaban J connectivity index is 1.98. The molecule has 0 bridgehead atoms. The molecule has 0 amide bonds. The molecule has 2 nitrogen and oxygen atoms in total. The lowest BCUT2D eigenvalue weighted by Crippen LogP contribution is -2.60. The van der Waals surface area contributed by atoms with Crippen molar-refractivity contribution in [2.45, 2.75) is 83.8 Å². The number of hydrogen-bond donors (Lipinski definition) is 1. The smallest absolute Gasteiger partial charge is 0.0224 e. The van der Waals surface area contributed by atoms with E-state index in [4.69, 9.17) is 0 Å². The van der Waals surface area contributed by atoms with Crippen LogP contribution in [0, 0.1) is 5.92 Å². The van der Waals surface area contributed by atoms with E-state index in [1.54, 1.807) is 0 Å². The zero-order valence-electron chi connectivity index (χ0n) is 12.6. The van der Waals surface area contributed by atoms with E-state index in [0.29, 0.717) is 0 Å². The van der Waals surface area contributed by atoms with Gasteiger partial charge in [0.15, 0.2) is 0 Å². The summed E-state index contributed by atoms with van der Waals surface area (Å²) in [5.41, 5.74) is 0. The van der Waals surface area contributed by atoms with Crippen molar-refractivity contribution in [2.24, 2.45) is 5.92 Å². The Labute approximate surface area is 114 Å². The first-order chi connectivity index (χ1) is 8.76. The molecule has 18 heavy (non-hydrogen) atoms. The van der Waals surface area contributed by atoms with E-state index in [0.717, 1.165) is 24.0 Å². The predicted molar refractivity (Wildman–Crippen MR) is 78.9 cm³/mol. The highest BCUT2D eigenvalue weighted by molar-refractivity contribution is 4.92. The highest BCUT2D eigenvalue weighted by Crippen LogP contribution is 2.29. The van der Waals surface area contributed by atoms with E-state index in [2.05, 4.69) is 31.0 Å². The van der Waals surface area contributed by atoms with Gasteiger partial charge in [-0.3, -0.25) is 4.90 Å². The number of rotatable bonds is 5. The van der Waals surface area contributed by atoms with Crippen molar-refractivity contribution in [1.29, 1.82) is 0 Å². The van der Waals surface area contributed by atoms with Gasteiger partial charge in [-0.25, -0.2) is 0 Å². The van der Waals surface area contributed by atoms with Gasteiger partial charge in [0.2, 0.25) is 0 Å². The molecule has 3 unspecified atom stereocenters. The number of nitrogens with one attached hydrogen (secondary N) is 1.